The van der Waals surface area contributed by atoms with Crippen molar-refractivity contribution in [2.75, 3.05) is 5.32 Å². The molecule has 2 N–H and O–H groups in total. The van der Waals surface area contributed by atoms with Crippen LogP contribution in [-0.2, 0) is 11.2 Å². The van der Waals surface area contributed by atoms with Gasteiger partial charge in [0.05, 0.1) is 17.7 Å². The van der Waals surface area contributed by atoms with E-state index in [-0.39, 0.29) is 24.2 Å². The Labute approximate surface area is 148 Å². The van der Waals surface area contributed by atoms with E-state index in [9.17, 15) is 18.0 Å². The first-order valence-corrected chi connectivity index (χ1v) is 8.35. The topological polar surface area (TPSA) is 56.7 Å². The van der Waals surface area contributed by atoms with Crippen LogP contribution in [-0.4, -0.2) is 29.1 Å². The van der Waals surface area contributed by atoms with E-state index in [4.69, 9.17) is 0 Å². The Bertz CT molecular complexity index is 898. The molecular weight excluding hydrogens is 345 g/mol. The smallest absolute Gasteiger partial charge is 0.325 e. The van der Waals surface area contributed by atoms with Crippen LogP contribution in [0.1, 0.15) is 30.0 Å². The summed E-state index contributed by atoms with van der Waals surface area (Å²) in [7, 11) is 0. The zero-order valence-electron chi connectivity index (χ0n) is 14.2. The minimum absolute atomic E-state index is 0.0138. The Balaban J connectivity index is 1.89. The van der Waals surface area contributed by atoms with Crippen LogP contribution in [0.4, 0.5) is 18.9 Å². The average molecular weight is 362 g/mol. The van der Waals surface area contributed by atoms with E-state index in [2.05, 4.69) is 15.7 Å². The van der Waals surface area contributed by atoms with E-state index in [1.807, 2.05) is 6.92 Å². The molecule has 1 atom stereocenters. The van der Waals surface area contributed by atoms with Crippen molar-refractivity contribution in [1.82, 2.24) is 10.4 Å². The fourth-order valence-corrected chi connectivity index (χ4v) is 3.48. The van der Waals surface area contributed by atoms with Gasteiger partial charge in [-0.05, 0) is 48.8 Å². The van der Waals surface area contributed by atoms with Crippen molar-refractivity contribution < 1.29 is 18.0 Å². The van der Waals surface area contributed by atoms with Gasteiger partial charge in [-0.25, -0.2) is 10.4 Å². The number of fused-ring (bicyclic) bond motifs is 2. The number of allylic oxidation sites excluding steroid dienone is 2. The Morgan fingerprint density at radius 1 is 1.31 bits per heavy atom. The maximum atomic E-state index is 13.7. The van der Waals surface area contributed by atoms with E-state index in [1.54, 1.807) is 19.1 Å². The molecule has 4 rings (SSSR count). The summed E-state index contributed by atoms with van der Waals surface area (Å²) in [6.45, 7) is 3.69. The van der Waals surface area contributed by atoms with Crippen molar-refractivity contribution in [1.29, 1.82) is 0 Å². The number of aryl methyl sites for hydroxylation is 1. The number of hydrogen-bond acceptors (Lipinski definition) is 4. The average Bonchev–Trinajstić information content (AvgIpc) is 3.15. The van der Waals surface area contributed by atoms with Crippen molar-refractivity contribution in [3.05, 3.63) is 46.5 Å². The second-order valence-electron chi connectivity index (χ2n) is 6.52. The monoisotopic (exact) mass is 362 g/mol. The molecular formula is C18H17F3N4O. The standard InChI is InChI=1S/C18H17F3N4O/c1-3-13-22-14-5-4-12(18(19,20)21)17(25(14)24-13)11-6-9(2)16-10(7-11)8-15(26)23-16/h4-7,13,24H,3,8H2,1-2H3,(H,23,26). The highest BCUT2D eigenvalue weighted by Gasteiger charge is 2.41. The van der Waals surface area contributed by atoms with Crippen LogP contribution in [0.15, 0.2) is 34.9 Å². The number of benzene rings is 1. The Hall–Kier alpha value is -2.61. The van der Waals surface area contributed by atoms with Gasteiger partial charge >= 0.3 is 6.18 Å². The summed E-state index contributed by atoms with van der Waals surface area (Å²) in [5.74, 6) is 0.300. The lowest BCUT2D eigenvalue weighted by atomic mass is 9.97. The number of aliphatic imine (C=N–C) groups is 1. The highest BCUT2D eigenvalue weighted by Crippen LogP contribution is 2.40. The molecule has 1 aromatic rings. The number of hydrazine groups is 1. The van der Waals surface area contributed by atoms with Crippen LogP contribution in [0.5, 0.6) is 0 Å². The maximum absolute atomic E-state index is 13.7. The molecule has 1 unspecified atom stereocenters. The van der Waals surface area contributed by atoms with Gasteiger partial charge < -0.3 is 5.32 Å². The number of carbonyl (C=O) groups is 1. The van der Waals surface area contributed by atoms with Gasteiger partial charge in [0, 0.05) is 11.3 Å². The van der Waals surface area contributed by atoms with Gasteiger partial charge in [0.15, 0.2) is 0 Å². The molecule has 0 saturated heterocycles. The van der Waals surface area contributed by atoms with Gasteiger partial charge in [-0.1, -0.05) is 6.92 Å². The number of hydrogen-bond donors (Lipinski definition) is 2. The molecule has 0 radical (unpaired) electrons. The summed E-state index contributed by atoms with van der Waals surface area (Å²) in [4.78, 5) is 16.1. The van der Waals surface area contributed by atoms with Gasteiger partial charge in [0.2, 0.25) is 5.91 Å². The zero-order valence-corrected chi connectivity index (χ0v) is 14.2. The molecule has 0 saturated carbocycles. The molecule has 0 aromatic heterocycles. The second kappa shape index (κ2) is 5.70. The summed E-state index contributed by atoms with van der Waals surface area (Å²) in [5, 5.41) is 4.16. The summed E-state index contributed by atoms with van der Waals surface area (Å²) in [6.07, 6.45) is -1.51. The number of anilines is 1. The number of amidine groups is 1. The Morgan fingerprint density at radius 3 is 2.77 bits per heavy atom. The van der Waals surface area contributed by atoms with Crippen molar-refractivity contribution in [3.63, 3.8) is 0 Å². The van der Waals surface area contributed by atoms with Gasteiger partial charge in [-0.15, -0.1) is 0 Å². The molecule has 1 aromatic carbocycles. The third-order valence-electron chi connectivity index (χ3n) is 4.67. The van der Waals surface area contributed by atoms with Crippen LogP contribution in [0.3, 0.4) is 0 Å². The predicted molar refractivity (Wildman–Crippen MR) is 92.1 cm³/mol. The predicted octanol–water partition coefficient (Wildman–Crippen LogP) is 3.29. The highest BCUT2D eigenvalue weighted by molar-refractivity contribution is 6.04. The molecule has 0 aliphatic carbocycles. The maximum Gasteiger partial charge on any atom is 0.418 e. The number of carbonyl (C=O) groups excluding carboxylic acids is 1. The van der Waals surface area contributed by atoms with E-state index < -0.39 is 11.7 Å². The first kappa shape index (κ1) is 16.8. The molecule has 136 valence electrons. The Kier molecular flexibility index (Phi) is 3.69. The van der Waals surface area contributed by atoms with Gasteiger partial charge in [0.25, 0.3) is 0 Å². The molecule has 0 spiro atoms. The summed E-state index contributed by atoms with van der Waals surface area (Å²) in [6, 6.07) is 3.32. The third kappa shape index (κ3) is 2.61. The third-order valence-corrected chi connectivity index (χ3v) is 4.67. The highest BCUT2D eigenvalue weighted by atomic mass is 19.4. The fourth-order valence-electron chi connectivity index (χ4n) is 3.48. The molecule has 3 aliphatic heterocycles. The molecule has 3 aliphatic rings. The minimum Gasteiger partial charge on any atom is -0.325 e. The zero-order chi connectivity index (χ0) is 18.6. The molecule has 26 heavy (non-hydrogen) atoms. The van der Waals surface area contributed by atoms with Crippen LogP contribution in [0.2, 0.25) is 0 Å². The largest absolute Gasteiger partial charge is 0.418 e. The van der Waals surface area contributed by atoms with E-state index in [1.165, 1.54) is 11.1 Å². The van der Waals surface area contributed by atoms with Crippen LogP contribution in [0, 0.1) is 6.92 Å². The lowest BCUT2D eigenvalue weighted by molar-refractivity contribution is -0.115. The number of alkyl halides is 3. The first-order chi connectivity index (χ1) is 12.3. The van der Waals surface area contributed by atoms with Crippen molar-refractivity contribution in [2.24, 2.45) is 4.99 Å². The molecule has 0 fully saturated rings. The summed E-state index contributed by atoms with van der Waals surface area (Å²) >= 11 is 0. The van der Waals surface area contributed by atoms with Crippen molar-refractivity contribution >= 4 is 23.1 Å². The van der Waals surface area contributed by atoms with Crippen LogP contribution in [0.25, 0.3) is 5.70 Å². The molecule has 8 heteroatoms. The molecule has 1 amide bonds. The van der Waals surface area contributed by atoms with Gasteiger partial charge in [-0.3, -0.25) is 9.80 Å². The normalized spacial score (nSPS) is 21.7. The molecule has 0 bridgehead atoms. The van der Waals surface area contributed by atoms with Crippen molar-refractivity contribution in [2.45, 2.75) is 39.0 Å². The number of halogens is 3. The number of amides is 1. The molecule has 3 heterocycles. The number of rotatable bonds is 2. The number of nitrogens with one attached hydrogen (secondary N) is 2. The fraction of sp³-hybridized carbons (Fsp3) is 0.333. The summed E-state index contributed by atoms with van der Waals surface area (Å²) in [5.41, 5.74) is 4.84. The van der Waals surface area contributed by atoms with E-state index >= 15 is 0 Å². The summed E-state index contributed by atoms with van der Waals surface area (Å²) < 4.78 is 41.0. The quantitative estimate of drug-likeness (QED) is 0.849. The minimum atomic E-state index is -4.51. The SMILES string of the molecule is CCC1N=C2C=CC(C(F)(F)F)=C(c3cc(C)c4c(c3)CC(=O)N4)N2N1. The number of nitrogens with zero attached hydrogens (tertiary/aromatic N) is 2. The molecule has 5 nitrogen and oxygen atoms in total. The van der Waals surface area contributed by atoms with Gasteiger partial charge in [0.1, 0.15) is 12.0 Å². The van der Waals surface area contributed by atoms with Crippen LogP contribution >= 0.6 is 0 Å². The lowest BCUT2D eigenvalue weighted by Crippen LogP contribution is -2.41. The van der Waals surface area contributed by atoms with Crippen LogP contribution < -0.4 is 10.7 Å². The van der Waals surface area contributed by atoms with Gasteiger partial charge in [-0.2, -0.15) is 13.2 Å². The Morgan fingerprint density at radius 2 is 2.08 bits per heavy atom. The van der Waals surface area contributed by atoms with Crippen molar-refractivity contribution in [3.8, 4) is 0 Å². The lowest BCUT2D eigenvalue weighted by Gasteiger charge is -2.30. The second-order valence-corrected chi connectivity index (χ2v) is 6.52. The first-order valence-electron chi connectivity index (χ1n) is 8.35. The van der Waals surface area contributed by atoms with E-state index in [0.717, 1.165) is 11.6 Å². The van der Waals surface area contributed by atoms with E-state index in [0.29, 0.717) is 29.1 Å².